The molecule has 0 radical (unpaired) electrons. The first-order valence-electron chi connectivity index (χ1n) is 5.26. The van der Waals surface area contributed by atoms with Crippen LogP contribution in [0, 0.1) is 0 Å². The summed E-state index contributed by atoms with van der Waals surface area (Å²) in [6.07, 6.45) is 3.38. The molecule has 0 aliphatic rings. The van der Waals surface area contributed by atoms with Crippen LogP contribution in [0.1, 0.15) is 30.1 Å². The van der Waals surface area contributed by atoms with Gasteiger partial charge >= 0.3 is 0 Å². The summed E-state index contributed by atoms with van der Waals surface area (Å²) < 4.78 is 0. The Morgan fingerprint density at radius 2 is 2.07 bits per heavy atom. The van der Waals surface area contributed by atoms with Crippen molar-refractivity contribution in [2.24, 2.45) is 0 Å². The molecular weight excluding hydrogens is 186 g/mol. The Balaban J connectivity index is 2.56. The lowest BCUT2D eigenvalue weighted by Crippen LogP contribution is -2.01. The maximum Gasteiger partial charge on any atom is 0.162 e. The van der Waals surface area contributed by atoms with Crippen molar-refractivity contribution in [3.05, 3.63) is 42.5 Å². The molecule has 1 N–H and O–H groups in total. The average molecular weight is 203 g/mol. The first kappa shape index (κ1) is 11.5. The van der Waals surface area contributed by atoms with Gasteiger partial charge < -0.3 is 5.32 Å². The molecule has 0 saturated heterocycles. The molecular formula is C13H17NO. The lowest BCUT2D eigenvalue weighted by Gasteiger charge is -2.05. The van der Waals surface area contributed by atoms with Gasteiger partial charge in [0.05, 0.1) is 0 Å². The average Bonchev–Trinajstić information content (AvgIpc) is 2.29. The Bertz CT molecular complexity index is 327. The molecule has 1 aromatic rings. The monoisotopic (exact) mass is 203 g/mol. The van der Waals surface area contributed by atoms with Crippen LogP contribution in [-0.2, 0) is 0 Å². The number of hydrogen-bond donors (Lipinski definition) is 1. The molecule has 0 aliphatic heterocycles. The Morgan fingerprint density at radius 3 is 2.60 bits per heavy atom. The van der Waals surface area contributed by atoms with Gasteiger partial charge in [0, 0.05) is 24.2 Å². The van der Waals surface area contributed by atoms with Gasteiger partial charge in [-0.3, -0.25) is 4.79 Å². The Kier molecular flexibility index (Phi) is 4.61. The van der Waals surface area contributed by atoms with Gasteiger partial charge in [0.1, 0.15) is 0 Å². The van der Waals surface area contributed by atoms with E-state index in [4.69, 9.17) is 0 Å². The quantitative estimate of drug-likeness (QED) is 0.437. The lowest BCUT2D eigenvalue weighted by molar-refractivity contribution is 0.0988. The fourth-order valence-corrected chi connectivity index (χ4v) is 1.30. The number of nitrogens with one attached hydrogen (secondary N) is 1. The summed E-state index contributed by atoms with van der Waals surface area (Å²) in [7, 11) is 0. The van der Waals surface area contributed by atoms with Crippen LogP contribution in [0.25, 0.3) is 0 Å². The zero-order valence-electron chi connectivity index (χ0n) is 9.12. The van der Waals surface area contributed by atoms with E-state index in [1.54, 1.807) is 0 Å². The summed E-state index contributed by atoms with van der Waals surface area (Å²) in [6.45, 7) is 6.41. The summed E-state index contributed by atoms with van der Waals surface area (Å²) in [6, 6.07) is 7.60. The number of anilines is 1. The minimum atomic E-state index is 0.188. The smallest absolute Gasteiger partial charge is 0.162 e. The van der Waals surface area contributed by atoms with Gasteiger partial charge in [-0.15, -0.1) is 6.58 Å². The van der Waals surface area contributed by atoms with Crippen molar-refractivity contribution in [3.8, 4) is 0 Å². The molecule has 0 atom stereocenters. The molecule has 0 bridgehead atoms. The van der Waals surface area contributed by atoms with Gasteiger partial charge in [0.2, 0.25) is 0 Å². The van der Waals surface area contributed by atoms with Gasteiger partial charge in [0.25, 0.3) is 0 Å². The second-order valence-electron chi connectivity index (χ2n) is 3.36. The van der Waals surface area contributed by atoms with E-state index in [-0.39, 0.29) is 5.78 Å². The van der Waals surface area contributed by atoms with E-state index >= 15 is 0 Å². The normalized spacial score (nSPS) is 9.67. The third-order valence-corrected chi connectivity index (χ3v) is 2.21. The van der Waals surface area contributed by atoms with Crippen LogP contribution in [0.3, 0.4) is 0 Å². The minimum absolute atomic E-state index is 0.188. The fourth-order valence-electron chi connectivity index (χ4n) is 1.30. The highest BCUT2D eigenvalue weighted by atomic mass is 16.1. The maximum absolute atomic E-state index is 11.4. The highest BCUT2D eigenvalue weighted by Gasteiger charge is 2.01. The van der Waals surface area contributed by atoms with Crippen molar-refractivity contribution in [3.63, 3.8) is 0 Å². The zero-order valence-corrected chi connectivity index (χ0v) is 9.12. The molecule has 0 fully saturated rings. The van der Waals surface area contributed by atoms with Crippen molar-refractivity contribution in [1.29, 1.82) is 0 Å². The third kappa shape index (κ3) is 3.58. The second-order valence-corrected chi connectivity index (χ2v) is 3.36. The molecule has 2 nitrogen and oxygen atoms in total. The van der Waals surface area contributed by atoms with Crippen LogP contribution < -0.4 is 5.32 Å². The molecule has 0 aromatic heterocycles. The van der Waals surface area contributed by atoms with Crippen LogP contribution >= 0.6 is 0 Å². The maximum atomic E-state index is 11.4. The number of benzene rings is 1. The third-order valence-electron chi connectivity index (χ3n) is 2.21. The molecule has 80 valence electrons. The molecule has 0 saturated carbocycles. The van der Waals surface area contributed by atoms with E-state index in [9.17, 15) is 4.79 Å². The Morgan fingerprint density at radius 1 is 1.40 bits per heavy atom. The van der Waals surface area contributed by atoms with Gasteiger partial charge in [-0.05, 0) is 30.7 Å². The zero-order chi connectivity index (χ0) is 11.1. The Labute approximate surface area is 91.0 Å². The van der Waals surface area contributed by atoms with E-state index in [0.29, 0.717) is 6.42 Å². The van der Waals surface area contributed by atoms with Crippen LogP contribution in [0.5, 0.6) is 0 Å². The highest BCUT2D eigenvalue weighted by Crippen LogP contribution is 2.10. The summed E-state index contributed by atoms with van der Waals surface area (Å²) in [4.78, 5) is 11.4. The topological polar surface area (TPSA) is 29.1 Å². The Hall–Kier alpha value is -1.57. The molecule has 0 spiro atoms. The number of carbonyl (C=O) groups is 1. The van der Waals surface area contributed by atoms with Crippen molar-refractivity contribution in [2.75, 3.05) is 11.9 Å². The molecule has 0 heterocycles. The number of Topliss-reactive ketones (excluding diaryl/α,β-unsaturated/α-hetero) is 1. The van der Waals surface area contributed by atoms with Gasteiger partial charge in [0.15, 0.2) is 5.78 Å². The van der Waals surface area contributed by atoms with E-state index in [1.807, 2.05) is 37.3 Å². The van der Waals surface area contributed by atoms with Gasteiger partial charge in [-0.2, -0.15) is 0 Å². The number of hydrogen-bond acceptors (Lipinski definition) is 2. The molecule has 1 aromatic carbocycles. The summed E-state index contributed by atoms with van der Waals surface area (Å²) >= 11 is 0. The van der Waals surface area contributed by atoms with Crippen LogP contribution in [-0.4, -0.2) is 12.3 Å². The first-order valence-corrected chi connectivity index (χ1v) is 5.26. The van der Waals surface area contributed by atoms with Crippen LogP contribution in [0.15, 0.2) is 36.9 Å². The molecule has 0 amide bonds. The number of ketones is 1. The minimum Gasteiger partial charge on any atom is -0.385 e. The van der Waals surface area contributed by atoms with Gasteiger partial charge in [-0.1, -0.05) is 13.0 Å². The van der Waals surface area contributed by atoms with E-state index < -0.39 is 0 Å². The van der Waals surface area contributed by atoms with E-state index in [0.717, 1.165) is 24.2 Å². The standard InChI is InChI=1S/C13H17NO/c1-3-5-10-14-12-8-6-11(7-9-12)13(15)4-2/h3,6-9,14H,1,4-5,10H2,2H3. The SMILES string of the molecule is C=CCCNc1ccc(C(=O)CC)cc1. The van der Waals surface area contributed by atoms with Crippen molar-refractivity contribution < 1.29 is 4.79 Å². The molecule has 0 aliphatic carbocycles. The largest absolute Gasteiger partial charge is 0.385 e. The summed E-state index contributed by atoms with van der Waals surface area (Å²) in [5.41, 5.74) is 1.83. The molecule has 1 rings (SSSR count). The second kappa shape index (κ2) is 6.02. The lowest BCUT2D eigenvalue weighted by atomic mass is 10.1. The number of rotatable bonds is 6. The molecule has 0 unspecified atom stereocenters. The van der Waals surface area contributed by atoms with Gasteiger partial charge in [-0.25, -0.2) is 0 Å². The van der Waals surface area contributed by atoms with E-state index in [2.05, 4.69) is 11.9 Å². The summed E-state index contributed by atoms with van der Waals surface area (Å²) in [5.74, 6) is 0.188. The van der Waals surface area contributed by atoms with Crippen molar-refractivity contribution in [2.45, 2.75) is 19.8 Å². The van der Waals surface area contributed by atoms with Crippen LogP contribution in [0.2, 0.25) is 0 Å². The molecule has 15 heavy (non-hydrogen) atoms. The summed E-state index contributed by atoms with van der Waals surface area (Å²) in [5, 5.41) is 3.25. The van der Waals surface area contributed by atoms with Crippen molar-refractivity contribution >= 4 is 11.5 Å². The highest BCUT2D eigenvalue weighted by molar-refractivity contribution is 5.96. The molecule has 2 heteroatoms. The van der Waals surface area contributed by atoms with Crippen LogP contribution in [0.4, 0.5) is 5.69 Å². The first-order chi connectivity index (χ1) is 7.27. The van der Waals surface area contributed by atoms with Crippen molar-refractivity contribution in [1.82, 2.24) is 0 Å². The predicted molar refractivity (Wildman–Crippen MR) is 64.4 cm³/mol. The van der Waals surface area contributed by atoms with E-state index in [1.165, 1.54) is 0 Å². The number of carbonyl (C=O) groups excluding carboxylic acids is 1. The fraction of sp³-hybridized carbons (Fsp3) is 0.308. The predicted octanol–water partition coefficient (Wildman–Crippen LogP) is 3.27.